The van der Waals surface area contributed by atoms with E-state index in [0.717, 1.165) is 6.61 Å². The van der Waals surface area contributed by atoms with Crippen LogP contribution >= 0.6 is 15.3 Å². The maximum atomic E-state index is 4.94. The molecule has 0 heterocycles. The van der Waals surface area contributed by atoms with Crippen LogP contribution in [-0.4, -0.2) is 20.4 Å². The normalized spacial score (nSPS) is 12.0. The summed E-state index contributed by atoms with van der Waals surface area (Å²) < 4.78 is 4.94. The number of hydrogen-bond donors (Lipinski definition) is 0. The Labute approximate surface area is 66.4 Å². The molecule has 9 heavy (non-hydrogen) atoms. The van der Waals surface area contributed by atoms with E-state index in [9.17, 15) is 0 Å². The molecule has 0 atom stereocenters. The lowest BCUT2D eigenvalue weighted by atomic mass is 10.5. The van der Waals surface area contributed by atoms with Crippen molar-refractivity contribution in [3.8, 4) is 0 Å². The predicted molar refractivity (Wildman–Crippen MR) is 47.7 cm³/mol. The van der Waals surface area contributed by atoms with Gasteiger partial charge in [-0.25, -0.2) is 0 Å². The van der Waals surface area contributed by atoms with E-state index in [1.807, 2.05) is 0 Å². The van der Waals surface area contributed by atoms with Crippen molar-refractivity contribution in [2.45, 2.75) is 25.6 Å². The third kappa shape index (κ3) is 8.66. The van der Waals surface area contributed by atoms with Gasteiger partial charge in [-0.1, -0.05) is 13.1 Å². The van der Waals surface area contributed by atoms with Crippen molar-refractivity contribution >= 4 is 22.0 Å². The summed E-state index contributed by atoms with van der Waals surface area (Å²) in [4.78, 5) is 0. The van der Waals surface area contributed by atoms with Crippen molar-refractivity contribution in [3.63, 3.8) is 0 Å². The largest absolute Gasteiger partial charge is 0.385 e. The molecule has 0 aromatic rings. The Bertz CT molecular complexity index is 69.9. The molecule has 0 unspecified atom stereocenters. The molecule has 0 aromatic heterocycles. The molecule has 3 heteroatoms. The molecule has 0 fully saturated rings. The predicted octanol–water partition coefficient (Wildman–Crippen LogP) is 2.62. The van der Waals surface area contributed by atoms with E-state index in [-0.39, 0.29) is 0 Å². The van der Waals surface area contributed by atoms with Crippen LogP contribution in [0.2, 0.25) is 19.1 Å². The van der Waals surface area contributed by atoms with Gasteiger partial charge < -0.3 is 4.74 Å². The van der Waals surface area contributed by atoms with Gasteiger partial charge in [0.05, 0.1) is 0 Å². The van der Waals surface area contributed by atoms with Crippen LogP contribution in [0.15, 0.2) is 0 Å². The summed E-state index contributed by atoms with van der Waals surface area (Å²) in [7, 11) is 1.75. The van der Waals surface area contributed by atoms with Gasteiger partial charge in [0, 0.05) is 13.7 Å². The Morgan fingerprint density at radius 2 is 2.00 bits per heavy atom. The lowest BCUT2D eigenvalue weighted by molar-refractivity contribution is 0.199. The Kier molecular flexibility index (Phi) is 4.80. The van der Waals surface area contributed by atoms with Crippen LogP contribution < -0.4 is 0 Å². The molecule has 0 spiro atoms. The van der Waals surface area contributed by atoms with E-state index in [1.54, 1.807) is 7.11 Å². The highest BCUT2D eigenvalue weighted by atomic mass is 79.9. The van der Waals surface area contributed by atoms with E-state index in [1.165, 1.54) is 12.5 Å². The van der Waals surface area contributed by atoms with Crippen LogP contribution in [0.25, 0.3) is 0 Å². The number of methoxy groups -OCH3 is 1. The van der Waals surface area contributed by atoms with Crippen molar-refractivity contribution in [1.29, 1.82) is 0 Å². The molecule has 0 aliphatic carbocycles. The molecule has 0 amide bonds. The second kappa shape index (κ2) is 4.47. The van der Waals surface area contributed by atoms with E-state index < -0.39 is 6.69 Å². The molecule has 0 rings (SSSR count). The van der Waals surface area contributed by atoms with Gasteiger partial charge in [-0.3, -0.25) is 0 Å². The molecule has 0 aliphatic rings. The maximum absolute atomic E-state index is 4.94. The van der Waals surface area contributed by atoms with E-state index in [0.29, 0.717) is 0 Å². The zero-order valence-electron chi connectivity index (χ0n) is 6.41. The Morgan fingerprint density at radius 3 is 2.33 bits per heavy atom. The molecule has 0 aliphatic heterocycles. The molecular formula is C6H15BrOSi. The molecule has 1 nitrogen and oxygen atoms in total. The third-order valence-electron chi connectivity index (χ3n) is 1.12. The number of hydrogen-bond acceptors (Lipinski definition) is 1. The van der Waals surface area contributed by atoms with Gasteiger partial charge in [0.1, 0.15) is 6.69 Å². The first-order valence-corrected chi connectivity index (χ1v) is 8.70. The Balaban J connectivity index is 3.07. The first kappa shape index (κ1) is 9.66. The molecule has 0 aromatic carbocycles. The van der Waals surface area contributed by atoms with Gasteiger partial charge in [0.25, 0.3) is 0 Å². The van der Waals surface area contributed by atoms with E-state index >= 15 is 0 Å². The molecule has 0 saturated carbocycles. The van der Waals surface area contributed by atoms with Gasteiger partial charge in [-0.15, -0.1) is 15.3 Å². The topological polar surface area (TPSA) is 9.23 Å². The average Bonchev–Trinajstić information content (AvgIpc) is 1.63. The Morgan fingerprint density at radius 1 is 1.44 bits per heavy atom. The molecule has 0 radical (unpaired) electrons. The second-order valence-corrected chi connectivity index (χ2v) is 13.2. The van der Waals surface area contributed by atoms with Crippen LogP contribution in [0.5, 0.6) is 0 Å². The molecule has 56 valence electrons. The highest BCUT2D eigenvalue weighted by Crippen LogP contribution is 2.18. The van der Waals surface area contributed by atoms with E-state index in [4.69, 9.17) is 4.74 Å². The van der Waals surface area contributed by atoms with Crippen molar-refractivity contribution < 1.29 is 4.74 Å². The number of ether oxygens (including phenoxy) is 1. The summed E-state index contributed by atoms with van der Waals surface area (Å²) in [6.45, 7) is 4.56. The van der Waals surface area contributed by atoms with Crippen LogP contribution in [0.4, 0.5) is 0 Å². The first-order chi connectivity index (χ1) is 4.06. The summed E-state index contributed by atoms with van der Waals surface area (Å²) in [5, 5.41) is 0. The molecule has 0 saturated heterocycles. The van der Waals surface area contributed by atoms with Gasteiger partial charge >= 0.3 is 0 Å². The SMILES string of the molecule is COCCC[Si](C)(C)Br. The average molecular weight is 211 g/mol. The molecule has 0 N–H and O–H groups in total. The summed E-state index contributed by atoms with van der Waals surface area (Å²) in [5.74, 6) is 0. The lowest BCUT2D eigenvalue weighted by Gasteiger charge is -2.11. The van der Waals surface area contributed by atoms with Gasteiger partial charge in [0.15, 0.2) is 0 Å². The zero-order valence-corrected chi connectivity index (χ0v) is 8.99. The minimum absolute atomic E-state index is 0.905. The summed E-state index contributed by atoms with van der Waals surface area (Å²) >= 11 is 3.69. The quantitative estimate of drug-likeness (QED) is 0.394. The van der Waals surface area contributed by atoms with Gasteiger partial charge in [-0.2, -0.15) is 0 Å². The fourth-order valence-electron chi connectivity index (χ4n) is 0.637. The lowest BCUT2D eigenvalue weighted by Crippen LogP contribution is -2.15. The standard InChI is InChI=1S/C6H15BrOSi/c1-8-5-4-6-9(2,3)7/h4-6H2,1-3H3. The van der Waals surface area contributed by atoms with Crippen molar-refractivity contribution in [1.82, 2.24) is 0 Å². The third-order valence-corrected chi connectivity index (χ3v) is 3.85. The Hall–Kier alpha value is 0.657. The van der Waals surface area contributed by atoms with Crippen molar-refractivity contribution in [3.05, 3.63) is 0 Å². The molecule has 0 bridgehead atoms. The monoisotopic (exact) mass is 210 g/mol. The number of halogens is 1. The zero-order chi connectivity index (χ0) is 7.33. The van der Waals surface area contributed by atoms with Gasteiger partial charge in [-0.05, 0) is 12.5 Å². The summed E-state index contributed by atoms with van der Waals surface area (Å²) in [6.07, 6.45) is 1.20. The fraction of sp³-hybridized carbons (Fsp3) is 1.00. The number of rotatable bonds is 4. The fourth-order valence-corrected chi connectivity index (χ4v) is 2.46. The van der Waals surface area contributed by atoms with Crippen LogP contribution in [0, 0.1) is 0 Å². The van der Waals surface area contributed by atoms with Crippen molar-refractivity contribution in [2.75, 3.05) is 13.7 Å². The summed E-state index contributed by atoms with van der Waals surface area (Å²) in [6, 6.07) is 1.31. The van der Waals surface area contributed by atoms with Crippen LogP contribution in [0.1, 0.15) is 6.42 Å². The highest BCUT2D eigenvalue weighted by molar-refractivity contribution is 9.26. The van der Waals surface area contributed by atoms with Crippen molar-refractivity contribution in [2.24, 2.45) is 0 Å². The smallest absolute Gasteiger partial charge is 0.124 e. The van der Waals surface area contributed by atoms with Gasteiger partial charge in [0.2, 0.25) is 0 Å². The minimum atomic E-state index is -0.962. The highest BCUT2D eigenvalue weighted by Gasteiger charge is 2.14. The second-order valence-electron chi connectivity index (χ2n) is 2.82. The minimum Gasteiger partial charge on any atom is -0.385 e. The molecular weight excluding hydrogens is 196 g/mol. The van der Waals surface area contributed by atoms with E-state index in [2.05, 4.69) is 28.4 Å². The maximum Gasteiger partial charge on any atom is 0.124 e. The van der Waals surface area contributed by atoms with Crippen LogP contribution in [0.3, 0.4) is 0 Å². The summed E-state index contributed by atoms with van der Waals surface area (Å²) in [5.41, 5.74) is 0. The first-order valence-electron chi connectivity index (χ1n) is 3.24. The van der Waals surface area contributed by atoms with Crippen LogP contribution in [-0.2, 0) is 4.74 Å².